The number of carbonyl (C=O) groups excluding carboxylic acids is 1. The van der Waals surface area contributed by atoms with Crippen molar-refractivity contribution in [2.45, 2.75) is 40.2 Å². The number of anilines is 1. The van der Waals surface area contributed by atoms with Crippen LogP contribution in [0.5, 0.6) is 5.75 Å². The Balaban J connectivity index is 1.75. The predicted molar refractivity (Wildman–Crippen MR) is 101 cm³/mol. The van der Waals surface area contributed by atoms with Crippen LogP contribution in [-0.2, 0) is 19.4 Å². The summed E-state index contributed by atoms with van der Waals surface area (Å²) >= 11 is 0. The third kappa shape index (κ3) is 3.78. The van der Waals surface area contributed by atoms with Gasteiger partial charge in [-0.3, -0.25) is 0 Å². The zero-order valence-electron chi connectivity index (χ0n) is 15.3. The Hall–Kier alpha value is -2.49. The largest absolute Gasteiger partial charge is 0.494 e. The molecule has 0 radical (unpaired) electrons. The number of benzene rings is 2. The Bertz CT molecular complexity index is 770. The summed E-state index contributed by atoms with van der Waals surface area (Å²) in [6, 6.07) is 12.3. The fourth-order valence-corrected chi connectivity index (χ4v) is 3.35. The summed E-state index contributed by atoms with van der Waals surface area (Å²) in [4.78, 5) is 14.7. The molecule has 0 saturated heterocycles. The van der Waals surface area contributed by atoms with E-state index in [4.69, 9.17) is 4.74 Å². The first-order chi connectivity index (χ1) is 12.1. The van der Waals surface area contributed by atoms with Gasteiger partial charge in [-0.05, 0) is 61.1 Å². The van der Waals surface area contributed by atoms with Gasteiger partial charge in [-0.1, -0.05) is 31.2 Å². The van der Waals surface area contributed by atoms with E-state index in [0.29, 0.717) is 13.2 Å². The van der Waals surface area contributed by atoms with E-state index >= 15 is 0 Å². The van der Waals surface area contributed by atoms with Crippen LogP contribution in [0.4, 0.5) is 10.5 Å². The molecule has 2 aromatic rings. The van der Waals surface area contributed by atoms with Crippen LogP contribution >= 0.6 is 0 Å². The van der Waals surface area contributed by atoms with E-state index in [9.17, 15) is 4.79 Å². The number of carbonyl (C=O) groups is 1. The van der Waals surface area contributed by atoms with Gasteiger partial charge in [-0.15, -0.1) is 0 Å². The monoisotopic (exact) mass is 338 g/mol. The molecule has 4 heteroatoms. The minimum atomic E-state index is -0.0311. The summed E-state index contributed by atoms with van der Waals surface area (Å²) in [5, 5.41) is 3.13. The second-order valence-corrected chi connectivity index (χ2v) is 6.43. The van der Waals surface area contributed by atoms with Crippen molar-refractivity contribution in [1.29, 1.82) is 0 Å². The Morgan fingerprint density at radius 3 is 2.80 bits per heavy atom. The Morgan fingerprint density at radius 2 is 2.04 bits per heavy atom. The van der Waals surface area contributed by atoms with Crippen molar-refractivity contribution < 1.29 is 9.53 Å². The van der Waals surface area contributed by atoms with E-state index in [1.54, 1.807) is 0 Å². The number of nitrogens with zero attached hydrogens (tertiary/aromatic N) is 1. The molecule has 1 N–H and O–H groups in total. The maximum atomic E-state index is 12.8. The summed E-state index contributed by atoms with van der Waals surface area (Å²) in [5.74, 6) is 0.871. The number of ether oxygens (including phenoxy) is 1. The highest BCUT2D eigenvalue weighted by atomic mass is 16.5. The normalized spacial score (nSPS) is 13.3. The molecule has 0 spiro atoms. The Kier molecular flexibility index (Phi) is 5.27. The summed E-state index contributed by atoms with van der Waals surface area (Å²) in [5.41, 5.74) is 5.70. The molecule has 2 aromatic carbocycles. The summed E-state index contributed by atoms with van der Waals surface area (Å²) in [7, 11) is 0. The Labute approximate surface area is 149 Å². The number of rotatable bonds is 4. The summed E-state index contributed by atoms with van der Waals surface area (Å²) < 4.78 is 5.59. The maximum absolute atomic E-state index is 12.8. The molecule has 1 aliphatic rings. The van der Waals surface area contributed by atoms with Crippen LogP contribution in [0.3, 0.4) is 0 Å². The lowest BCUT2D eigenvalue weighted by atomic mass is 9.99. The lowest BCUT2D eigenvalue weighted by Gasteiger charge is -2.30. The van der Waals surface area contributed by atoms with Gasteiger partial charge in [0, 0.05) is 18.8 Å². The van der Waals surface area contributed by atoms with Crippen molar-refractivity contribution in [3.63, 3.8) is 0 Å². The number of nitrogens with one attached hydrogen (secondary N) is 1. The van der Waals surface area contributed by atoms with E-state index in [-0.39, 0.29) is 6.03 Å². The van der Waals surface area contributed by atoms with Crippen molar-refractivity contribution in [3.8, 4) is 5.75 Å². The fraction of sp³-hybridized carbons (Fsp3) is 0.381. The van der Waals surface area contributed by atoms with Gasteiger partial charge in [0.05, 0.1) is 6.61 Å². The van der Waals surface area contributed by atoms with E-state index in [2.05, 4.69) is 30.4 Å². The van der Waals surface area contributed by atoms with Gasteiger partial charge in [0.15, 0.2) is 0 Å². The quantitative estimate of drug-likeness (QED) is 0.889. The van der Waals surface area contributed by atoms with Crippen LogP contribution in [0.15, 0.2) is 36.4 Å². The predicted octanol–water partition coefficient (Wildman–Crippen LogP) is 4.55. The molecule has 0 bridgehead atoms. The first-order valence-electron chi connectivity index (χ1n) is 9.01. The van der Waals surface area contributed by atoms with Gasteiger partial charge in [0.25, 0.3) is 0 Å². The molecule has 0 atom stereocenters. The Morgan fingerprint density at radius 1 is 1.20 bits per heavy atom. The SMILES string of the molecule is CCOc1ccc2c(c1)CN(C(=O)Nc1c(C)cccc1CC)CC2. The van der Waals surface area contributed by atoms with Gasteiger partial charge in [0.1, 0.15) is 5.75 Å². The van der Waals surface area contributed by atoms with Crippen molar-refractivity contribution in [2.24, 2.45) is 0 Å². The molecular formula is C21H26N2O2. The number of urea groups is 1. The topological polar surface area (TPSA) is 41.6 Å². The fourth-order valence-electron chi connectivity index (χ4n) is 3.35. The van der Waals surface area contributed by atoms with Crippen molar-refractivity contribution in [3.05, 3.63) is 58.7 Å². The number of fused-ring (bicyclic) bond motifs is 1. The maximum Gasteiger partial charge on any atom is 0.322 e. The highest BCUT2D eigenvalue weighted by Crippen LogP contribution is 2.26. The number of amides is 2. The molecule has 0 saturated carbocycles. The average molecular weight is 338 g/mol. The number of hydrogen-bond donors (Lipinski definition) is 1. The van der Waals surface area contributed by atoms with Crippen molar-refractivity contribution >= 4 is 11.7 Å². The van der Waals surface area contributed by atoms with E-state index < -0.39 is 0 Å². The zero-order valence-corrected chi connectivity index (χ0v) is 15.3. The van der Waals surface area contributed by atoms with Gasteiger partial charge in [-0.2, -0.15) is 0 Å². The molecule has 2 amide bonds. The average Bonchev–Trinajstić information content (AvgIpc) is 2.63. The molecule has 132 valence electrons. The number of hydrogen-bond acceptors (Lipinski definition) is 2. The minimum Gasteiger partial charge on any atom is -0.494 e. The third-order valence-electron chi connectivity index (χ3n) is 4.76. The molecule has 1 heterocycles. The first kappa shape index (κ1) is 17.3. The molecular weight excluding hydrogens is 312 g/mol. The second-order valence-electron chi connectivity index (χ2n) is 6.43. The number of para-hydroxylation sites is 1. The van der Waals surface area contributed by atoms with Crippen LogP contribution in [-0.4, -0.2) is 24.1 Å². The molecule has 1 aliphatic heterocycles. The number of aryl methyl sites for hydroxylation is 2. The van der Waals surface area contributed by atoms with Crippen molar-refractivity contribution in [1.82, 2.24) is 4.90 Å². The minimum absolute atomic E-state index is 0.0311. The smallest absolute Gasteiger partial charge is 0.322 e. The molecule has 0 aliphatic carbocycles. The van der Waals surface area contributed by atoms with Crippen LogP contribution in [0.25, 0.3) is 0 Å². The van der Waals surface area contributed by atoms with Crippen LogP contribution in [0.1, 0.15) is 36.1 Å². The van der Waals surface area contributed by atoms with Gasteiger partial charge < -0.3 is 15.0 Å². The van der Waals surface area contributed by atoms with Gasteiger partial charge in [-0.25, -0.2) is 4.79 Å². The lowest BCUT2D eigenvalue weighted by molar-refractivity contribution is 0.206. The summed E-state index contributed by atoms with van der Waals surface area (Å²) in [6.07, 6.45) is 1.78. The molecule has 25 heavy (non-hydrogen) atoms. The third-order valence-corrected chi connectivity index (χ3v) is 4.76. The van der Waals surface area contributed by atoms with Crippen LogP contribution < -0.4 is 10.1 Å². The standard InChI is InChI=1S/C21H26N2O2/c1-4-16-8-6-7-15(3)20(16)22-21(24)23-12-11-17-9-10-19(25-5-2)13-18(17)14-23/h6-10,13H,4-5,11-12,14H2,1-3H3,(H,22,24). The lowest BCUT2D eigenvalue weighted by Crippen LogP contribution is -2.39. The molecule has 0 unspecified atom stereocenters. The highest BCUT2D eigenvalue weighted by Gasteiger charge is 2.22. The zero-order chi connectivity index (χ0) is 17.8. The van der Waals surface area contributed by atoms with Crippen LogP contribution in [0.2, 0.25) is 0 Å². The highest BCUT2D eigenvalue weighted by molar-refractivity contribution is 5.91. The first-order valence-corrected chi connectivity index (χ1v) is 9.01. The molecule has 3 rings (SSSR count). The molecule has 0 fully saturated rings. The van der Waals surface area contributed by atoms with Gasteiger partial charge in [0.2, 0.25) is 0 Å². The molecule has 4 nitrogen and oxygen atoms in total. The summed E-state index contributed by atoms with van der Waals surface area (Å²) in [6.45, 7) is 8.13. The van der Waals surface area contributed by atoms with E-state index in [1.807, 2.05) is 36.9 Å². The van der Waals surface area contributed by atoms with Gasteiger partial charge >= 0.3 is 6.03 Å². The van der Waals surface area contributed by atoms with E-state index in [1.165, 1.54) is 16.7 Å². The molecule has 0 aromatic heterocycles. The van der Waals surface area contributed by atoms with Crippen LogP contribution in [0, 0.1) is 6.92 Å². The second kappa shape index (κ2) is 7.60. The van der Waals surface area contributed by atoms with E-state index in [0.717, 1.165) is 36.4 Å². The van der Waals surface area contributed by atoms with Crippen molar-refractivity contribution in [2.75, 3.05) is 18.5 Å².